The number of benzene rings is 1. The van der Waals surface area contributed by atoms with Crippen LogP contribution in [0.15, 0.2) is 48.8 Å². The number of amides is 1. The number of carbonyl (C=O) groups is 2. The van der Waals surface area contributed by atoms with Crippen LogP contribution in [-0.4, -0.2) is 45.4 Å². The van der Waals surface area contributed by atoms with Crippen LogP contribution in [-0.2, 0) is 11.2 Å². The quantitative estimate of drug-likeness (QED) is 0.717. The molecule has 1 atom stereocenters. The molecule has 3 heterocycles. The van der Waals surface area contributed by atoms with Crippen molar-refractivity contribution in [2.45, 2.75) is 12.8 Å². The highest BCUT2D eigenvalue weighted by atomic mass is 32.1. The smallest absolute Gasteiger partial charge is 0.290 e. The van der Waals surface area contributed by atoms with Crippen LogP contribution >= 0.6 is 11.3 Å². The summed E-state index contributed by atoms with van der Waals surface area (Å²) < 4.78 is 1.07. The van der Waals surface area contributed by atoms with E-state index in [2.05, 4.69) is 16.0 Å². The standard InChI is InChI=1S/C18H17N3OS.CH2O2/c22-18(17-20-15-5-1-2-6-16(15)23-17)21-9-7-14(12-21)10-13-4-3-8-19-11-13;2-1-3/h1-6,8,11,14H,7,9-10,12H2;1H,(H,2,3). The largest absolute Gasteiger partial charge is 0.483 e. The van der Waals surface area contributed by atoms with Crippen molar-refractivity contribution >= 4 is 33.9 Å². The van der Waals surface area contributed by atoms with Gasteiger partial charge < -0.3 is 10.0 Å². The Morgan fingerprint density at radius 3 is 2.85 bits per heavy atom. The maximum atomic E-state index is 12.7. The van der Waals surface area contributed by atoms with E-state index >= 15 is 0 Å². The SMILES string of the molecule is O=C(c1nc2ccccc2s1)N1CCC(Cc2cccnc2)C1.O=CO. The number of likely N-dealkylation sites (tertiary alicyclic amines) is 1. The van der Waals surface area contributed by atoms with Crippen molar-refractivity contribution in [3.63, 3.8) is 0 Å². The summed E-state index contributed by atoms with van der Waals surface area (Å²) in [7, 11) is 0. The number of fused-ring (bicyclic) bond motifs is 1. The molecule has 7 heteroatoms. The lowest BCUT2D eigenvalue weighted by Gasteiger charge is -2.15. The summed E-state index contributed by atoms with van der Waals surface area (Å²) in [5, 5.41) is 7.49. The van der Waals surface area contributed by atoms with E-state index in [-0.39, 0.29) is 12.4 Å². The van der Waals surface area contributed by atoms with Crippen molar-refractivity contribution in [1.29, 1.82) is 0 Å². The third kappa shape index (κ3) is 4.23. The van der Waals surface area contributed by atoms with E-state index in [9.17, 15) is 4.79 Å². The molecule has 1 fully saturated rings. The van der Waals surface area contributed by atoms with E-state index in [0.717, 1.165) is 36.1 Å². The monoisotopic (exact) mass is 369 g/mol. The molecular weight excluding hydrogens is 350 g/mol. The highest BCUT2D eigenvalue weighted by Crippen LogP contribution is 2.26. The van der Waals surface area contributed by atoms with Gasteiger partial charge in [-0.15, -0.1) is 11.3 Å². The molecule has 26 heavy (non-hydrogen) atoms. The Labute approximate surface area is 155 Å². The number of para-hydroxylation sites is 1. The molecule has 1 aliphatic rings. The molecule has 0 radical (unpaired) electrons. The molecule has 1 aromatic carbocycles. The van der Waals surface area contributed by atoms with Crippen LogP contribution in [0.5, 0.6) is 0 Å². The zero-order chi connectivity index (χ0) is 18.4. The first-order chi connectivity index (χ1) is 12.7. The summed E-state index contributed by atoms with van der Waals surface area (Å²) in [5.74, 6) is 0.581. The third-order valence-electron chi connectivity index (χ3n) is 4.30. The fourth-order valence-corrected chi connectivity index (χ4v) is 4.07. The second-order valence-electron chi connectivity index (χ2n) is 6.06. The Bertz CT molecular complexity index is 849. The van der Waals surface area contributed by atoms with Gasteiger partial charge in [-0.1, -0.05) is 18.2 Å². The highest BCUT2D eigenvalue weighted by Gasteiger charge is 2.28. The predicted octanol–water partition coefficient (Wildman–Crippen LogP) is 3.10. The van der Waals surface area contributed by atoms with Crippen molar-refractivity contribution in [3.05, 3.63) is 59.4 Å². The summed E-state index contributed by atoms with van der Waals surface area (Å²) in [4.78, 5) is 31.6. The van der Waals surface area contributed by atoms with Crippen molar-refractivity contribution in [2.24, 2.45) is 5.92 Å². The first kappa shape index (κ1) is 18.0. The minimum Gasteiger partial charge on any atom is -0.483 e. The molecule has 134 valence electrons. The zero-order valence-corrected chi connectivity index (χ0v) is 14.9. The van der Waals surface area contributed by atoms with Gasteiger partial charge in [0.15, 0.2) is 5.01 Å². The molecule has 2 aromatic heterocycles. The van der Waals surface area contributed by atoms with E-state index in [1.807, 2.05) is 41.4 Å². The van der Waals surface area contributed by atoms with E-state index in [0.29, 0.717) is 10.9 Å². The highest BCUT2D eigenvalue weighted by molar-refractivity contribution is 7.20. The average molecular weight is 369 g/mol. The lowest BCUT2D eigenvalue weighted by molar-refractivity contribution is -0.122. The van der Waals surface area contributed by atoms with Gasteiger partial charge in [-0.25, -0.2) is 4.98 Å². The topological polar surface area (TPSA) is 83.4 Å². The fourth-order valence-electron chi connectivity index (χ4n) is 3.13. The van der Waals surface area contributed by atoms with Crippen LogP contribution in [0.2, 0.25) is 0 Å². The maximum Gasteiger partial charge on any atom is 0.290 e. The molecule has 0 bridgehead atoms. The lowest BCUT2D eigenvalue weighted by Crippen LogP contribution is -2.28. The Morgan fingerprint density at radius 1 is 1.31 bits per heavy atom. The van der Waals surface area contributed by atoms with Crippen LogP contribution in [0.3, 0.4) is 0 Å². The number of thiazole rings is 1. The van der Waals surface area contributed by atoms with Gasteiger partial charge in [0.25, 0.3) is 12.4 Å². The van der Waals surface area contributed by atoms with Crippen LogP contribution < -0.4 is 0 Å². The first-order valence-electron chi connectivity index (χ1n) is 8.33. The van der Waals surface area contributed by atoms with Crippen LogP contribution in [0.25, 0.3) is 10.2 Å². The first-order valence-corrected chi connectivity index (χ1v) is 9.14. The van der Waals surface area contributed by atoms with Gasteiger partial charge in [0.2, 0.25) is 0 Å². The minimum atomic E-state index is -0.250. The molecular formula is C19H19N3O3S. The number of hydrogen-bond donors (Lipinski definition) is 1. The summed E-state index contributed by atoms with van der Waals surface area (Å²) in [6.45, 7) is 1.38. The fraction of sp³-hybridized carbons (Fsp3) is 0.263. The normalized spacial score (nSPS) is 16.2. The summed E-state index contributed by atoms with van der Waals surface area (Å²) >= 11 is 1.49. The van der Waals surface area contributed by atoms with Gasteiger partial charge in [0.1, 0.15) is 0 Å². The van der Waals surface area contributed by atoms with E-state index in [1.165, 1.54) is 16.9 Å². The second-order valence-corrected chi connectivity index (χ2v) is 7.09. The Morgan fingerprint density at radius 2 is 2.12 bits per heavy atom. The van der Waals surface area contributed by atoms with Crippen LogP contribution in [0.1, 0.15) is 21.8 Å². The van der Waals surface area contributed by atoms with Gasteiger partial charge >= 0.3 is 0 Å². The Kier molecular flexibility index (Phi) is 5.91. The minimum absolute atomic E-state index is 0.0693. The molecule has 0 saturated carbocycles. The van der Waals surface area contributed by atoms with E-state index in [4.69, 9.17) is 9.90 Å². The number of nitrogens with zero attached hydrogens (tertiary/aromatic N) is 3. The van der Waals surface area contributed by atoms with Crippen molar-refractivity contribution < 1.29 is 14.7 Å². The van der Waals surface area contributed by atoms with Crippen molar-refractivity contribution in [1.82, 2.24) is 14.9 Å². The molecule has 4 rings (SSSR count). The summed E-state index contributed by atoms with van der Waals surface area (Å²) in [6, 6.07) is 12.0. The molecule has 1 saturated heterocycles. The molecule has 3 aromatic rings. The number of aromatic nitrogens is 2. The van der Waals surface area contributed by atoms with Gasteiger partial charge in [0.05, 0.1) is 10.2 Å². The Hall–Kier alpha value is -2.80. The van der Waals surface area contributed by atoms with Gasteiger partial charge in [-0.3, -0.25) is 14.6 Å². The third-order valence-corrected chi connectivity index (χ3v) is 5.32. The molecule has 6 nitrogen and oxygen atoms in total. The number of rotatable bonds is 3. The molecule has 1 unspecified atom stereocenters. The predicted molar refractivity (Wildman–Crippen MR) is 100 cm³/mol. The Balaban J connectivity index is 0.000000613. The molecule has 0 spiro atoms. The molecule has 1 amide bonds. The number of carbonyl (C=O) groups excluding carboxylic acids is 1. The number of pyridine rings is 1. The number of hydrogen-bond acceptors (Lipinski definition) is 5. The van der Waals surface area contributed by atoms with Crippen molar-refractivity contribution in [2.75, 3.05) is 13.1 Å². The van der Waals surface area contributed by atoms with Gasteiger partial charge in [-0.2, -0.15) is 0 Å². The van der Waals surface area contributed by atoms with E-state index in [1.54, 1.807) is 6.20 Å². The van der Waals surface area contributed by atoms with Crippen LogP contribution in [0, 0.1) is 5.92 Å². The van der Waals surface area contributed by atoms with E-state index < -0.39 is 0 Å². The maximum absolute atomic E-state index is 12.7. The van der Waals surface area contributed by atoms with Crippen LogP contribution in [0.4, 0.5) is 0 Å². The van der Waals surface area contributed by atoms with Crippen molar-refractivity contribution in [3.8, 4) is 0 Å². The summed E-state index contributed by atoms with van der Waals surface area (Å²) in [5.41, 5.74) is 2.15. The van der Waals surface area contributed by atoms with Gasteiger partial charge in [0, 0.05) is 25.5 Å². The molecule has 0 aliphatic carbocycles. The molecule has 1 aliphatic heterocycles. The number of carboxylic acid groups (broad SMARTS) is 1. The molecule has 1 N–H and O–H groups in total. The lowest BCUT2D eigenvalue weighted by atomic mass is 10.0. The van der Waals surface area contributed by atoms with Gasteiger partial charge in [-0.05, 0) is 42.5 Å². The second kappa shape index (κ2) is 8.53. The summed E-state index contributed by atoms with van der Waals surface area (Å²) in [6.07, 6.45) is 5.74. The zero-order valence-electron chi connectivity index (χ0n) is 14.1. The average Bonchev–Trinajstić information content (AvgIpc) is 3.29.